The topological polar surface area (TPSA) is 78.5 Å². The molecule has 3 rings (SSSR count). The Morgan fingerprint density at radius 1 is 1.14 bits per heavy atom. The molecule has 2 aromatic rings. The van der Waals surface area contributed by atoms with Gasteiger partial charge >= 0.3 is 0 Å². The molecule has 1 atom stereocenters. The second-order valence-corrected chi connectivity index (χ2v) is 7.56. The number of rotatable bonds is 7. The van der Waals surface area contributed by atoms with E-state index < -0.39 is 5.92 Å². The van der Waals surface area contributed by atoms with Crippen molar-refractivity contribution in [3.05, 3.63) is 64.7 Å². The van der Waals surface area contributed by atoms with E-state index in [2.05, 4.69) is 10.6 Å². The van der Waals surface area contributed by atoms with Crippen molar-refractivity contribution >= 4 is 35.0 Å². The molecule has 0 aliphatic carbocycles. The van der Waals surface area contributed by atoms with E-state index in [9.17, 15) is 14.4 Å². The monoisotopic (exact) mass is 413 g/mol. The van der Waals surface area contributed by atoms with Crippen molar-refractivity contribution in [3.63, 3.8) is 0 Å². The molecule has 1 fully saturated rings. The van der Waals surface area contributed by atoms with Crippen molar-refractivity contribution in [2.75, 3.05) is 25.0 Å². The largest absolute Gasteiger partial charge is 0.347 e. The van der Waals surface area contributed by atoms with Crippen LogP contribution in [0.2, 0.25) is 5.02 Å². The quantitative estimate of drug-likeness (QED) is 0.732. The number of halogens is 1. The number of anilines is 1. The first-order chi connectivity index (χ1) is 13.9. The van der Waals surface area contributed by atoms with Gasteiger partial charge in [-0.05, 0) is 36.6 Å². The maximum atomic E-state index is 12.4. The van der Waals surface area contributed by atoms with Gasteiger partial charge in [-0.2, -0.15) is 0 Å². The number of hydrogen-bond acceptors (Lipinski definition) is 3. The van der Waals surface area contributed by atoms with E-state index in [0.717, 1.165) is 17.5 Å². The van der Waals surface area contributed by atoms with Gasteiger partial charge in [-0.25, -0.2) is 0 Å². The number of benzene rings is 2. The zero-order valence-electron chi connectivity index (χ0n) is 16.3. The average molecular weight is 414 g/mol. The van der Waals surface area contributed by atoms with Crippen molar-refractivity contribution in [1.82, 2.24) is 10.2 Å². The van der Waals surface area contributed by atoms with E-state index in [1.807, 2.05) is 37.3 Å². The molecule has 0 bridgehead atoms. The molecule has 29 heavy (non-hydrogen) atoms. The van der Waals surface area contributed by atoms with Crippen LogP contribution in [0.1, 0.15) is 17.5 Å². The Balaban J connectivity index is 1.45. The van der Waals surface area contributed by atoms with Gasteiger partial charge in [0.1, 0.15) is 0 Å². The van der Waals surface area contributed by atoms with E-state index in [1.54, 1.807) is 23.1 Å². The summed E-state index contributed by atoms with van der Waals surface area (Å²) >= 11 is 6.05. The fourth-order valence-corrected chi connectivity index (χ4v) is 3.50. The van der Waals surface area contributed by atoms with Crippen LogP contribution in [0.5, 0.6) is 0 Å². The second kappa shape index (κ2) is 9.56. The van der Waals surface area contributed by atoms with Crippen LogP contribution in [-0.2, 0) is 20.8 Å². The molecule has 7 heteroatoms. The van der Waals surface area contributed by atoms with Gasteiger partial charge in [0.25, 0.3) is 0 Å². The molecular formula is C22H24ClN3O3. The van der Waals surface area contributed by atoms with E-state index in [0.29, 0.717) is 23.8 Å². The van der Waals surface area contributed by atoms with Gasteiger partial charge in [0.05, 0.1) is 12.5 Å². The number of nitrogens with one attached hydrogen (secondary N) is 2. The first-order valence-electron chi connectivity index (χ1n) is 9.58. The minimum Gasteiger partial charge on any atom is -0.347 e. The molecule has 1 heterocycles. The van der Waals surface area contributed by atoms with E-state index in [4.69, 9.17) is 11.6 Å². The highest BCUT2D eigenvalue weighted by atomic mass is 35.5. The lowest BCUT2D eigenvalue weighted by molar-refractivity contribution is -0.129. The van der Waals surface area contributed by atoms with Crippen LogP contribution in [0.3, 0.4) is 0 Å². The number of carbonyl (C=O) groups is 3. The van der Waals surface area contributed by atoms with Gasteiger partial charge in [-0.15, -0.1) is 0 Å². The number of hydrogen-bond donors (Lipinski definition) is 2. The average Bonchev–Trinajstić information content (AvgIpc) is 3.09. The van der Waals surface area contributed by atoms with Crippen LogP contribution < -0.4 is 10.6 Å². The summed E-state index contributed by atoms with van der Waals surface area (Å²) in [5.74, 6) is -1.08. The summed E-state index contributed by atoms with van der Waals surface area (Å²) in [6.07, 6.45) is 0.929. The highest BCUT2D eigenvalue weighted by molar-refractivity contribution is 6.31. The lowest BCUT2D eigenvalue weighted by Gasteiger charge is -2.16. The Labute approximate surface area is 175 Å². The number of likely N-dealkylation sites (tertiary alicyclic amines) is 1. The lowest BCUT2D eigenvalue weighted by atomic mass is 10.1. The molecule has 1 saturated heterocycles. The summed E-state index contributed by atoms with van der Waals surface area (Å²) in [7, 11) is 0. The zero-order chi connectivity index (χ0) is 20.8. The van der Waals surface area contributed by atoms with Gasteiger partial charge in [-0.1, -0.05) is 48.0 Å². The molecular weight excluding hydrogens is 390 g/mol. The van der Waals surface area contributed by atoms with E-state index in [1.165, 1.54) is 0 Å². The first kappa shape index (κ1) is 20.9. The van der Waals surface area contributed by atoms with Crippen LogP contribution >= 0.6 is 11.6 Å². The molecule has 0 radical (unpaired) electrons. The minimum absolute atomic E-state index is 0.0277. The molecule has 3 amide bonds. The van der Waals surface area contributed by atoms with Crippen LogP contribution in [0, 0.1) is 12.8 Å². The van der Waals surface area contributed by atoms with Crippen molar-refractivity contribution in [1.29, 1.82) is 0 Å². The summed E-state index contributed by atoms with van der Waals surface area (Å²) < 4.78 is 0. The Kier molecular flexibility index (Phi) is 6.88. The van der Waals surface area contributed by atoms with Crippen molar-refractivity contribution < 1.29 is 14.4 Å². The molecule has 2 N–H and O–H groups in total. The Morgan fingerprint density at radius 2 is 1.90 bits per heavy atom. The maximum absolute atomic E-state index is 12.4. The standard InChI is InChI=1S/C22H24ClN3O3/c1-15-18(23)8-5-9-19(15)25-20(27)13-24-22(29)17-12-21(28)26(14-17)11-10-16-6-3-2-4-7-16/h2-9,17H,10-14H2,1H3,(H,24,29)(H,25,27). The number of amides is 3. The van der Waals surface area contributed by atoms with Crippen molar-refractivity contribution in [2.24, 2.45) is 5.92 Å². The predicted molar refractivity (Wildman–Crippen MR) is 113 cm³/mol. The van der Waals surface area contributed by atoms with E-state index in [-0.39, 0.29) is 30.7 Å². The molecule has 152 valence electrons. The summed E-state index contributed by atoms with van der Waals surface area (Å²) in [5.41, 5.74) is 2.53. The van der Waals surface area contributed by atoms with Crippen LogP contribution in [0.4, 0.5) is 5.69 Å². The van der Waals surface area contributed by atoms with Gasteiger partial charge < -0.3 is 15.5 Å². The van der Waals surface area contributed by atoms with E-state index >= 15 is 0 Å². The van der Waals surface area contributed by atoms with Gasteiger partial charge in [0, 0.05) is 30.2 Å². The SMILES string of the molecule is Cc1c(Cl)cccc1NC(=O)CNC(=O)C1CC(=O)N(CCc2ccccc2)C1. The summed E-state index contributed by atoms with van der Waals surface area (Å²) in [6, 6.07) is 15.2. The summed E-state index contributed by atoms with van der Waals surface area (Å²) in [6.45, 7) is 2.62. The van der Waals surface area contributed by atoms with Crippen LogP contribution in [0.25, 0.3) is 0 Å². The van der Waals surface area contributed by atoms with Gasteiger partial charge in [0.2, 0.25) is 17.7 Å². The third-order valence-electron chi connectivity index (χ3n) is 5.06. The number of carbonyl (C=O) groups excluding carboxylic acids is 3. The highest BCUT2D eigenvalue weighted by Gasteiger charge is 2.34. The fourth-order valence-electron chi connectivity index (χ4n) is 3.32. The predicted octanol–water partition coefficient (Wildman–Crippen LogP) is 2.79. The third kappa shape index (κ3) is 5.57. The van der Waals surface area contributed by atoms with Crippen molar-refractivity contribution in [3.8, 4) is 0 Å². The normalized spacial score (nSPS) is 16.0. The molecule has 0 saturated carbocycles. The van der Waals surface area contributed by atoms with Crippen LogP contribution in [0.15, 0.2) is 48.5 Å². The second-order valence-electron chi connectivity index (χ2n) is 7.15. The van der Waals surface area contributed by atoms with Crippen LogP contribution in [-0.4, -0.2) is 42.3 Å². The van der Waals surface area contributed by atoms with Gasteiger partial charge in [-0.3, -0.25) is 14.4 Å². The Bertz CT molecular complexity index is 901. The molecule has 1 unspecified atom stereocenters. The minimum atomic E-state index is -0.432. The van der Waals surface area contributed by atoms with Crippen molar-refractivity contribution in [2.45, 2.75) is 19.8 Å². The Hall–Kier alpha value is -2.86. The lowest BCUT2D eigenvalue weighted by Crippen LogP contribution is -2.38. The maximum Gasteiger partial charge on any atom is 0.243 e. The Morgan fingerprint density at radius 3 is 2.66 bits per heavy atom. The molecule has 1 aliphatic heterocycles. The molecule has 0 aromatic heterocycles. The molecule has 1 aliphatic rings. The molecule has 6 nitrogen and oxygen atoms in total. The molecule has 0 spiro atoms. The first-order valence-corrected chi connectivity index (χ1v) is 9.96. The zero-order valence-corrected chi connectivity index (χ0v) is 17.0. The summed E-state index contributed by atoms with van der Waals surface area (Å²) in [4.78, 5) is 38.5. The van der Waals surface area contributed by atoms with Gasteiger partial charge in [0.15, 0.2) is 0 Å². The summed E-state index contributed by atoms with van der Waals surface area (Å²) in [5, 5.41) is 5.93. The molecule has 2 aromatic carbocycles. The fraction of sp³-hybridized carbons (Fsp3) is 0.318. The third-order valence-corrected chi connectivity index (χ3v) is 5.47. The number of nitrogens with zero attached hydrogens (tertiary/aromatic N) is 1. The highest BCUT2D eigenvalue weighted by Crippen LogP contribution is 2.23. The smallest absolute Gasteiger partial charge is 0.243 e.